The maximum Gasteiger partial charge on any atom is 0.306 e. The molecule has 0 aliphatic carbocycles. The summed E-state index contributed by atoms with van der Waals surface area (Å²) in [5.74, 6) is -0.161. The summed E-state index contributed by atoms with van der Waals surface area (Å²) < 4.78 is 10.5. The molecule has 6 nitrogen and oxygen atoms in total. The Morgan fingerprint density at radius 2 is 1.92 bits per heavy atom. The highest BCUT2D eigenvalue weighted by molar-refractivity contribution is 5.92. The van der Waals surface area contributed by atoms with Gasteiger partial charge in [-0.25, -0.2) is 0 Å². The van der Waals surface area contributed by atoms with Gasteiger partial charge in [-0.1, -0.05) is 23.8 Å². The van der Waals surface area contributed by atoms with Gasteiger partial charge in [0, 0.05) is 12.1 Å². The fourth-order valence-corrected chi connectivity index (χ4v) is 2.12. The van der Waals surface area contributed by atoms with Crippen molar-refractivity contribution in [1.82, 2.24) is 0 Å². The van der Waals surface area contributed by atoms with E-state index in [-0.39, 0.29) is 13.0 Å². The standard InChI is InChI=1S/C20H20N2O4/c1-15-7-9-18(10-8-15)25-11-3-6-20(24)26-14-19(23)22-17-5-2-4-16(12-17)13-21/h2,4-5,7-10,12H,3,6,11,14H2,1H3,(H,22,23). The number of nitriles is 1. The molecule has 0 unspecified atom stereocenters. The SMILES string of the molecule is Cc1ccc(OCCCC(=O)OCC(=O)Nc2cccc(C#N)c2)cc1. The number of carbonyl (C=O) groups is 2. The molecule has 2 aromatic carbocycles. The average molecular weight is 352 g/mol. The molecule has 0 aromatic heterocycles. The van der Waals surface area contributed by atoms with E-state index in [0.29, 0.717) is 24.3 Å². The second-order valence-corrected chi connectivity index (χ2v) is 5.67. The van der Waals surface area contributed by atoms with Gasteiger partial charge in [0.15, 0.2) is 6.61 Å². The highest BCUT2D eigenvalue weighted by atomic mass is 16.5. The molecule has 2 rings (SSSR count). The third-order valence-corrected chi connectivity index (χ3v) is 3.45. The average Bonchev–Trinajstić information content (AvgIpc) is 2.65. The number of benzene rings is 2. The normalized spacial score (nSPS) is 9.85. The monoisotopic (exact) mass is 352 g/mol. The molecule has 0 atom stereocenters. The molecule has 0 aliphatic heterocycles. The molecule has 0 bridgehead atoms. The molecule has 0 aliphatic rings. The number of ether oxygens (including phenoxy) is 2. The number of esters is 1. The molecule has 2 aromatic rings. The van der Waals surface area contributed by atoms with Crippen LogP contribution in [0.3, 0.4) is 0 Å². The molecule has 0 spiro atoms. The van der Waals surface area contributed by atoms with E-state index in [0.717, 1.165) is 11.3 Å². The van der Waals surface area contributed by atoms with E-state index in [1.165, 1.54) is 0 Å². The Kier molecular flexibility index (Phi) is 7.19. The first-order valence-corrected chi connectivity index (χ1v) is 8.22. The number of amides is 1. The van der Waals surface area contributed by atoms with Crippen LogP contribution in [0, 0.1) is 18.3 Å². The minimum Gasteiger partial charge on any atom is -0.494 e. The van der Waals surface area contributed by atoms with Crippen molar-refractivity contribution in [3.63, 3.8) is 0 Å². The van der Waals surface area contributed by atoms with Crippen LogP contribution in [-0.2, 0) is 14.3 Å². The number of carbonyl (C=O) groups excluding carboxylic acids is 2. The fourth-order valence-electron chi connectivity index (χ4n) is 2.12. The molecule has 0 radical (unpaired) electrons. The van der Waals surface area contributed by atoms with Crippen molar-refractivity contribution in [3.8, 4) is 11.8 Å². The zero-order chi connectivity index (χ0) is 18.8. The fraction of sp³-hybridized carbons (Fsp3) is 0.250. The van der Waals surface area contributed by atoms with Gasteiger partial charge in [0.2, 0.25) is 0 Å². The van der Waals surface area contributed by atoms with Crippen LogP contribution in [0.25, 0.3) is 0 Å². The minimum absolute atomic E-state index is 0.170. The van der Waals surface area contributed by atoms with Crippen molar-refractivity contribution >= 4 is 17.6 Å². The Labute approximate surface area is 152 Å². The summed E-state index contributed by atoms with van der Waals surface area (Å²) >= 11 is 0. The largest absolute Gasteiger partial charge is 0.494 e. The number of hydrogen-bond acceptors (Lipinski definition) is 5. The maximum absolute atomic E-state index is 11.8. The van der Waals surface area contributed by atoms with E-state index in [4.69, 9.17) is 14.7 Å². The lowest BCUT2D eigenvalue weighted by molar-refractivity contribution is -0.147. The summed E-state index contributed by atoms with van der Waals surface area (Å²) in [6.45, 7) is 2.02. The van der Waals surface area contributed by atoms with Crippen molar-refractivity contribution in [2.45, 2.75) is 19.8 Å². The second-order valence-electron chi connectivity index (χ2n) is 5.67. The van der Waals surface area contributed by atoms with Crippen LogP contribution in [0.1, 0.15) is 24.0 Å². The summed E-state index contributed by atoms with van der Waals surface area (Å²) in [6, 6.07) is 16.1. The Balaban J connectivity index is 1.62. The van der Waals surface area contributed by atoms with E-state index in [9.17, 15) is 9.59 Å². The second kappa shape index (κ2) is 9.84. The van der Waals surface area contributed by atoms with Crippen molar-refractivity contribution in [1.29, 1.82) is 5.26 Å². The van der Waals surface area contributed by atoms with Crippen LogP contribution >= 0.6 is 0 Å². The first-order valence-electron chi connectivity index (χ1n) is 8.22. The summed E-state index contributed by atoms with van der Waals surface area (Å²) in [5, 5.41) is 11.4. The maximum atomic E-state index is 11.8. The van der Waals surface area contributed by atoms with Gasteiger partial charge in [0.05, 0.1) is 18.2 Å². The van der Waals surface area contributed by atoms with Crippen molar-refractivity contribution in [3.05, 3.63) is 59.7 Å². The Morgan fingerprint density at radius 3 is 2.65 bits per heavy atom. The third-order valence-electron chi connectivity index (χ3n) is 3.45. The van der Waals surface area contributed by atoms with E-state index < -0.39 is 11.9 Å². The van der Waals surface area contributed by atoms with Gasteiger partial charge >= 0.3 is 5.97 Å². The molecule has 1 N–H and O–H groups in total. The Hall–Kier alpha value is -3.33. The molecule has 0 saturated heterocycles. The lowest BCUT2D eigenvalue weighted by Crippen LogP contribution is -2.21. The highest BCUT2D eigenvalue weighted by Gasteiger charge is 2.08. The lowest BCUT2D eigenvalue weighted by Gasteiger charge is -2.08. The molecule has 134 valence electrons. The van der Waals surface area contributed by atoms with Gasteiger partial charge in [0.25, 0.3) is 5.91 Å². The molecule has 0 heterocycles. The lowest BCUT2D eigenvalue weighted by atomic mass is 10.2. The van der Waals surface area contributed by atoms with Gasteiger partial charge in [-0.15, -0.1) is 0 Å². The first kappa shape index (κ1) is 19.0. The highest BCUT2D eigenvalue weighted by Crippen LogP contribution is 2.12. The van der Waals surface area contributed by atoms with Gasteiger partial charge < -0.3 is 14.8 Å². The van der Waals surface area contributed by atoms with Crippen LogP contribution < -0.4 is 10.1 Å². The van der Waals surface area contributed by atoms with E-state index in [1.807, 2.05) is 37.3 Å². The Morgan fingerprint density at radius 1 is 1.15 bits per heavy atom. The van der Waals surface area contributed by atoms with Gasteiger partial charge in [-0.05, 0) is 43.7 Å². The predicted molar refractivity (Wildman–Crippen MR) is 96.7 cm³/mol. The smallest absolute Gasteiger partial charge is 0.306 e. The van der Waals surface area contributed by atoms with Gasteiger partial charge in [-0.3, -0.25) is 9.59 Å². The summed E-state index contributed by atoms with van der Waals surface area (Å²) in [7, 11) is 0. The number of aryl methyl sites for hydroxylation is 1. The number of rotatable bonds is 8. The molecular formula is C20H20N2O4. The van der Waals surface area contributed by atoms with Crippen LogP contribution in [-0.4, -0.2) is 25.1 Å². The molecular weight excluding hydrogens is 332 g/mol. The van der Waals surface area contributed by atoms with Crippen LogP contribution in [0.4, 0.5) is 5.69 Å². The predicted octanol–water partition coefficient (Wildman–Crippen LogP) is 3.21. The van der Waals surface area contributed by atoms with Crippen LogP contribution in [0.2, 0.25) is 0 Å². The first-order chi connectivity index (χ1) is 12.6. The number of nitrogens with zero attached hydrogens (tertiary/aromatic N) is 1. The zero-order valence-electron chi connectivity index (χ0n) is 14.5. The van der Waals surface area contributed by atoms with E-state index >= 15 is 0 Å². The topological polar surface area (TPSA) is 88.4 Å². The van der Waals surface area contributed by atoms with Crippen molar-refractivity contribution in [2.75, 3.05) is 18.5 Å². The van der Waals surface area contributed by atoms with E-state index in [1.54, 1.807) is 24.3 Å². The van der Waals surface area contributed by atoms with Gasteiger partial charge in [0.1, 0.15) is 5.75 Å². The summed E-state index contributed by atoms with van der Waals surface area (Å²) in [6.07, 6.45) is 0.668. The summed E-state index contributed by atoms with van der Waals surface area (Å²) in [4.78, 5) is 23.4. The molecule has 0 saturated carbocycles. The third kappa shape index (κ3) is 6.65. The van der Waals surface area contributed by atoms with E-state index in [2.05, 4.69) is 5.32 Å². The van der Waals surface area contributed by atoms with Gasteiger partial charge in [-0.2, -0.15) is 5.26 Å². The number of hydrogen-bond donors (Lipinski definition) is 1. The van der Waals surface area contributed by atoms with Crippen LogP contribution in [0.15, 0.2) is 48.5 Å². The quantitative estimate of drug-likeness (QED) is 0.582. The molecule has 6 heteroatoms. The van der Waals surface area contributed by atoms with Crippen molar-refractivity contribution in [2.24, 2.45) is 0 Å². The van der Waals surface area contributed by atoms with Crippen LogP contribution in [0.5, 0.6) is 5.75 Å². The molecule has 1 amide bonds. The zero-order valence-corrected chi connectivity index (χ0v) is 14.5. The number of anilines is 1. The van der Waals surface area contributed by atoms with Crippen molar-refractivity contribution < 1.29 is 19.1 Å². The Bertz CT molecular complexity index is 794. The summed E-state index contributed by atoms with van der Waals surface area (Å²) in [5.41, 5.74) is 2.07. The molecule has 0 fully saturated rings. The molecule has 26 heavy (non-hydrogen) atoms. The number of nitrogens with one attached hydrogen (secondary N) is 1. The minimum atomic E-state index is -0.460.